The summed E-state index contributed by atoms with van der Waals surface area (Å²) in [6.45, 7) is 7.95. The number of alkyl halides is 2. The Bertz CT molecular complexity index is 181. The number of hydrogen-bond donors (Lipinski definition) is 1. The summed E-state index contributed by atoms with van der Waals surface area (Å²) in [6.07, 6.45) is 4.28. The largest absolute Gasteiger partial charge is 0.318 e. The minimum atomic E-state index is 0.194. The maximum absolute atomic E-state index is 5.46. The van der Waals surface area contributed by atoms with Crippen molar-refractivity contribution < 1.29 is 0 Å². The summed E-state index contributed by atoms with van der Waals surface area (Å²) in [5.41, 5.74) is 5.46. The van der Waals surface area contributed by atoms with E-state index in [1.807, 2.05) is 0 Å². The third kappa shape index (κ3) is 11.9. The summed E-state index contributed by atoms with van der Waals surface area (Å²) in [7, 11) is 4.34. The van der Waals surface area contributed by atoms with Crippen molar-refractivity contribution in [2.45, 2.75) is 19.3 Å². The van der Waals surface area contributed by atoms with Gasteiger partial charge in [-0.05, 0) is 40.0 Å². The molecule has 19 heavy (non-hydrogen) atoms. The van der Waals surface area contributed by atoms with Gasteiger partial charge < -0.3 is 15.5 Å². The molecular formula is C13H30Cl2N4. The molecule has 2 N–H and O–H groups in total. The molecule has 0 bridgehead atoms. The van der Waals surface area contributed by atoms with E-state index >= 15 is 0 Å². The van der Waals surface area contributed by atoms with Crippen LogP contribution in [0.4, 0.5) is 0 Å². The average Bonchev–Trinajstić information content (AvgIpc) is 2.42. The fourth-order valence-corrected chi connectivity index (χ4v) is 2.08. The zero-order valence-corrected chi connectivity index (χ0v) is 14.0. The van der Waals surface area contributed by atoms with Crippen molar-refractivity contribution in [2.24, 2.45) is 5.73 Å². The normalized spacial score (nSPS) is 21.9. The lowest BCUT2D eigenvalue weighted by Crippen LogP contribution is -2.46. The molecule has 116 valence electrons. The van der Waals surface area contributed by atoms with Gasteiger partial charge in [-0.15, -0.1) is 23.2 Å². The first kappa shape index (κ1) is 19.4. The monoisotopic (exact) mass is 312 g/mol. The highest BCUT2D eigenvalue weighted by Crippen LogP contribution is 2.04. The molecule has 2 aliphatic heterocycles. The molecular weight excluding hydrogens is 283 g/mol. The van der Waals surface area contributed by atoms with Gasteiger partial charge in [-0.2, -0.15) is 0 Å². The highest BCUT2D eigenvalue weighted by Gasteiger charge is 2.10. The van der Waals surface area contributed by atoms with Crippen LogP contribution in [-0.4, -0.2) is 80.1 Å². The Morgan fingerprint density at radius 1 is 0.789 bits per heavy atom. The Balaban J connectivity index is 0.000000289. The second-order valence-corrected chi connectivity index (χ2v) is 5.88. The number of hydrogen-bond acceptors (Lipinski definition) is 4. The van der Waals surface area contributed by atoms with E-state index in [0.717, 1.165) is 26.2 Å². The molecule has 2 aliphatic rings. The standard InChI is InChI=1S/C6H15N3.C6H13N.CH2Cl2/c1-8-2-4-9(6-7)5-3-8;1-7-5-3-2-4-6-7;2-1-3/h2-7H2,1H3;2-6H2,1H3;1H2. The topological polar surface area (TPSA) is 35.7 Å². The molecule has 0 aliphatic carbocycles. The molecule has 2 heterocycles. The summed E-state index contributed by atoms with van der Waals surface area (Å²) < 4.78 is 0. The Morgan fingerprint density at radius 3 is 1.53 bits per heavy atom. The first-order chi connectivity index (χ1) is 9.13. The van der Waals surface area contributed by atoms with Gasteiger partial charge in [0.05, 0.1) is 5.34 Å². The van der Waals surface area contributed by atoms with Gasteiger partial charge >= 0.3 is 0 Å². The molecule has 2 fully saturated rings. The van der Waals surface area contributed by atoms with Crippen LogP contribution in [0.15, 0.2) is 0 Å². The molecule has 0 atom stereocenters. The van der Waals surface area contributed by atoms with E-state index in [0.29, 0.717) is 6.67 Å². The second kappa shape index (κ2) is 13.4. The van der Waals surface area contributed by atoms with Crippen molar-refractivity contribution in [1.29, 1.82) is 0 Å². The number of piperidine rings is 1. The number of piperazine rings is 1. The SMILES string of the molecule is CN1CCCCC1.CN1CCN(CN)CC1.ClCCl. The minimum Gasteiger partial charge on any atom is -0.318 e. The molecule has 2 rings (SSSR count). The average molecular weight is 313 g/mol. The minimum absolute atomic E-state index is 0.194. The number of halogens is 2. The number of rotatable bonds is 1. The van der Waals surface area contributed by atoms with E-state index < -0.39 is 0 Å². The number of likely N-dealkylation sites (tertiary alicyclic amines) is 1. The summed E-state index contributed by atoms with van der Waals surface area (Å²) in [5, 5.41) is 0.194. The summed E-state index contributed by atoms with van der Waals surface area (Å²) in [4.78, 5) is 6.98. The fourth-order valence-electron chi connectivity index (χ4n) is 2.08. The molecule has 0 unspecified atom stereocenters. The van der Waals surface area contributed by atoms with Gasteiger partial charge in [-0.1, -0.05) is 6.42 Å². The van der Waals surface area contributed by atoms with E-state index in [-0.39, 0.29) is 5.34 Å². The van der Waals surface area contributed by atoms with Crippen molar-refractivity contribution in [2.75, 3.05) is 65.4 Å². The van der Waals surface area contributed by atoms with Crippen LogP contribution in [0.25, 0.3) is 0 Å². The second-order valence-electron chi connectivity index (χ2n) is 5.07. The molecule has 0 aromatic rings. The van der Waals surface area contributed by atoms with Gasteiger partial charge in [0.25, 0.3) is 0 Å². The lowest BCUT2D eigenvalue weighted by molar-refractivity contribution is 0.157. The van der Waals surface area contributed by atoms with Gasteiger partial charge in [0.2, 0.25) is 0 Å². The van der Waals surface area contributed by atoms with Crippen LogP contribution in [0.1, 0.15) is 19.3 Å². The van der Waals surface area contributed by atoms with Crippen molar-refractivity contribution >= 4 is 23.2 Å². The summed E-state index contributed by atoms with van der Waals surface area (Å²) in [5.74, 6) is 0. The number of likely N-dealkylation sites (N-methyl/N-ethyl adjacent to an activating group) is 1. The fraction of sp³-hybridized carbons (Fsp3) is 1.00. The highest BCUT2D eigenvalue weighted by molar-refractivity contribution is 6.40. The number of nitrogens with zero attached hydrogens (tertiary/aromatic N) is 3. The van der Waals surface area contributed by atoms with Gasteiger partial charge in [-0.3, -0.25) is 4.90 Å². The predicted octanol–water partition coefficient (Wildman–Crippen LogP) is 1.67. The zero-order chi connectivity index (χ0) is 14.5. The molecule has 0 radical (unpaired) electrons. The Hall–Kier alpha value is 0.420. The maximum Gasteiger partial charge on any atom is 0.0967 e. The third-order valence-corrected chi connectivity index (χ3v) is 3.43. The smallest absolute Gasteiger partial charge is 0.0967 e. The van der Waals surface area contributed by atoms with Gasteiger partial charge in [0, 0.05) is 32.8 Å². The number of nitrogens with two attached hydrogens (primary N) is 1. The highest BCUT2D eigenvalue weighted by atomic mass is 35.5. The van der Waals surface area contributed by atoms with Crippen LogP contribution < -0.4 is 5.73 Å². The summed E-state index contributed by atoms with van der Waals surface area (Å²) >= 11 is 9.53. The zero-order valence-electron chi connectivity index (χ0n) is 12.5. The molecule has 2 saturated heterocycles. The Kier molecular flexibility index (Phi) is 13.7. The van der Waals surface area contributed by atoms with Crippen LogP contribution in [0, 0.1) is 0 Å². The van der Waals surface area contributed by atoms with Gasteiger partial charge in [-0.25, -0.2) is 0 Å². The van der Waals surface area contributed by atoms with Crippen LogP contribution in [0.3, 0.4) is 0 Å². The van der Waals surface area contributed by atoms with Crippen molar-refractivity contribution in [3.63, 3.8) is 0 Å². The van der Waals surface area contributed by atoms with Crippen molar-refractivity contribution in [1.82, 2.24) is 14.7 Å². The molecule has 4 nitrogen and oxygen atoms in total. The molecule has 0 aromatic heterocycles. The van der Waals surface area contributed by atoms with Crippen LogP contribution in [0.5, 0.6) is 0 Å². The Labute approximate surface area is 128 Å². The Morgan fingerprint density at radius 2 is 1.21 bits per heavy atom. The first-order valence-corrected chi connectivity index (χ1v) is 8.12. The van der Waals surface area contributed by atoms with Crippen molar-refractivity contribution in [3.8, 4) is 0 Å². The molecule has 0 saturated carbocycles. The molecule has 0 amide bonds. The maximum atomic E-state index is 5.46. The lowest BCUT2D eigenvalue weighted by Gasteiger charge is -2.30. The van der Waals surface area contributed by atoms with Crippen molar-refractivity contribution in [3.05, 3.63) is 0 Å². The van der Waals surface area contributed by atoms with Crippen LogP contribution >= 0.6 is 23.2 Å². The molecule has 0 spiro atoms. The quantitative estimate of drug-likeness (QED) is 0.747. The van der Waals surface area contributed by atoms with E-state index in [1.54, 1.807) is 0 Å². The van der Waals surface area contributed by atoms with E-state index in [1.165, 1.54) is 32.4 Å². The van der Waals surface area contributed by atoms with E-state index in [4.69, 9.17) is 28.9 Å². The van der Waals surface area contributed by atoms with Gasteiger partial charge in [0.15, 0.2) is 0 Å². The molecule has 6 heteroatoms. The predicted molar refractivity (Wildman–Crippen MR) is 86.0 cm³/mol. The van der Waals surface area contributed by atoms with E-state index in [2.05, 4.69) is 28.8 Å². The third-order valence-electron chi connectivity index (χ3n) is 3.43. The van der Waals surface area contributed by atoms with Crippen LogP contribution in [0.2, 0.25) is 0 Å². The van der Waals surface area contributed by atoms with Gasteiger partial charge in [0.1, 0.15) is 0 Å². The van der Waals surface area contributed by atoms with E-state index in [9.17, 15) is 0 Å². The summed E-state index contributed by atoms with van der Waals surface area (Å²) in [6, 6.07) is 0. The first-order valence-electron chi connectivity index (χ1n) is 7.05. The molecule has 0 aromatic carbocycles. The lowest BCUT2D eigenvalue weighted by atomic mass is 10.1. The van der Waals surface area contributed by atoms with Crippen LogP contribution in [-0.2, 0) is 0 Å².